The zero-order chi connectivity index (χ0) is 15.2. The topological polar surface area (TPSA) is 70.6 Å². The number of aliphatic hydroxyl groups is 1. The number of carbonyl (C=O) groups excluding carboxylic acids is 1. The summed E-state index contributed by atoms with van der Waals surface area (Å²) in [5.74, 6) is 0. The normalized spacial score (nSPS) is 23.1. The van der Waals surface area contributed by atoms with Crippen molar-refractivity contribution in [2.45, 2.75) is 63.4 Å². The number of ether oxygens (including phenoxy) is 1. The molecule has 0 aliphatic heterocycles. The highest BCUT2D eigenvalue weighted by Gasteiger charge is 2.42. The average Bonchev–Trinajstić information content (AvgIpc) is 3.27. The first-order valence-electron chi connectivity index (χ1n) is 8.31. The lowest BCUT2D eigenvalue weighted by Gasteiger charge is -2.27. The van der Waals surface area contributed by atoms with Gasteiger partial charge >= 0.3 is 6.03 Å². The molecular formula is C16H30N2O3. The van der Waals surface area contributed by atoms with E-state index >= 15 is 0 Å². The summed E-state index contributed by atoms with van der Waals surface area (Å²) < 4.78 is 5.12. The Morgan fingerprint density at radius 3 is 2.24 bits per heavy atom. The van der Waals surface area contributed by atoms with Crippen LogP contribution in [0, 0.1) is 5.41 Å². The van der Waals surface area contributed by atoms with Crippen LogP contribution in [0.3, 0.4) is 0 Å². The van der Waals surface area contributed by atoms with Crippen molar-refractivity contribution >= 4 is 6.03 Å². The van der Waals surface area contributed by atoms with Crippen LogP contribution in [0.15, 0.2) is 0 Å². The Kier molecular flexibility index (Phi) is 5.88. The van der Waals surface area contributed by atoms with Gasteiger partial charge in [-0.3, -0.25) is 0 Å². The Hall–Kier alpha value is -0.810. The van der Waals surface area contributed by atoms with Gasteiger partial charge in [-0.1, -0.05) is 25.7 Å². The molecule has 21 heavy (non-hydrogen) atoms. The minimum atomic E-state index is -0.707. The van der Waals surface area contributed by atoms with E-state index in [1.807, 2.05) is 0 Å². The Morgan fingerprint density at radius 2 is 1.67 bits per heavy atom. The van der Waals surface area contributed by atoms with Gasteiger partial charge in [-0.2, -0.15) is 0 Å². The fourth-order valence-electron chi connectivity index (χ4n) is 3.15. The van der Waals surface area contributed by atoms with Gasteiger partial charge in [0.15, 0.2) is 0 Å². The highest BCUT2D eigenvalue weighted by molar-refractivity contribution is 5.74. The third kappa shape index (κ3) is 5.47. The third-order valence-corrected chi connectivity index (χ3v) is 5.03. The molecular weight excluding hydrogens is 268 g/mol. The number of carbonyl (C=O) groups is 1. The van der Waals surface area contributed by atoms with Gasteiger partial charge in [0.05, 0.1) is 5.60 Å². The fourth-order valence-corrected chi connectivity index (χ4v) is 3.15. The van der Waals surface area contributed by atoms with E-state index in [1.54, 1.807) is 7.11 Å². The Bertz CT molecular complexity index is 334. The summed E-state index contributed by atoms with van der Waals surface area (Å²) in [6.45, 7) is 1.83. The number of rotatable bonds is 7. The molecule has 2 amide bonds. The largest absolute Gasteiger partial charge is 0.388 e. The van der Waals surface area contributed by atoms with Crippen LogP contribution in [-0.4, -0.2) is 43.5 Å². The van der Waals surface area contributed by atoms with Crippen molar-refractivity contribution in [1.29, 1.82) is 0 Å². The van der Waals surface area contributed by atoms with Crippen molar-refractivity contribution in [3.05, 3.63) is 0 Å². The van der Waals surface area contributed by atoms with E-state index in [2.05, 4.69) is 10.6 Å². The summed E-state index contributed by atoms with van der Waals surface area (Å²) in [4.78, 5) is 11.9. The first-order valence-corrected chi connectivity index (χ1v) is 8.31. The maximum atomic E-state index is 11.9. The second-order valence-electron chi connectivity index (χ2n) is 6.92. The zero-order valence-corrected chi connectivity index (χ0v) is 13.2. The SMILES string of the molecule is COCCC1(CNC(=O)NCC2(O)CCCCCC2)CC1. The Labute approximate surface area is 127 Å². The van der Waals surface area contributed by atoms with Gasteiger partial charge in [-0.15, -0.1) is 0 Å². The van der Waals surface area contributed by atoms with E-state index < -0.39 is 5.60 Å². The van der Waals surface area contributed by atoms with Gasteiger partial charge in [0.25, 0.3) is 0 Å². The van der Waals surface area contributed by atoms with Gasteiger partial charge in [0.2, 0.25) is 0 Å². The first kappa shape index (κ1) is 16.6. The van der Waals surface area contributed by atoms with Crippen LogP contribution >= 0.6 is 0 Å². The van der Waals surface area contributed by atoms with E-state index in [-0.39, 0.29) is 11.4 Å². The summed E-state index contributed by atoms with van der Waals surface area (Å²) in [5.41, 5.74) is -0.451. The van der Waals surface area contributed by atoms with Crippen molar-refractivity contribution in [1.82, 2.24) is 10.6 Å². The summed E-state index contributed by atoms with van der Waals surface area (Å²) in [5, 5.41) is 16.3. The van der Waals surface area contributed by atoms with Gasteiger partial charge in [0, 0.05) is 26.8 Å². The molecule has 0 radical (unpaired) electrons. The lowest BCUT2D eigenvalue weighted by atomic mass is 9.94. The van der Waals surface area contributed by atoms with Crippen LogP contribution in [0.5, 0.6) is 0 Å². The highest BCUT2D eigenvalue weighted by Crippen LogP contribution is 2.48. The molecule has 5 heteroatoms. The van der Waals surface area contributed by atoms with Crippen LogP contribution in [0.25, 0.3) is 0 Å². The van der Waals surface area contributed by atoms with Crippen LogP contribution in [0.1, 0.15) is 57.8 Å². The van der Waals surface area contributed by atoms with Crippen LogP contribution in [-0.2, 0) is 4.74 Å². The molecule has 5 nitrogen and oxygen atoms in total. The molecule has 122 valence electrons. The zero-order valence-electron chi connectivity index (χ0n) is 13.2. The van der Waals surface area contributed by atoms with Crippen molar-refractivity contribution in [3.8, 4) is 0 Å². The molecule has 0 aromatic rings. The Balaban J connectivity index is 1.65. The van der Waals surface area contributed by atoms with E-state index in [9.17, 15) is 9.90 Å². The minimum Gasteiger partial charge on any atom is -0.388 e. The molecule has 0 aromatic heterocycles. The lowest BCUT2D eigenvalue weighted by Crippen LogP contribution is -2.47. The van der Waals surface area contributed by atoms with Gasteiger partial charge < -0.3 is 20.5 Å². The smallest absolute Gasteiger partial charge is 0.314 e. The minimum absolute atomic E-state index is 0.156. The molecule has 0 bridgehead atoms. The molecule has 2 fully saturated rings. The fraction of sp³-hybridized carbons (Fsp3) is 0.938. The first-order chi connectivity index (χ1) is 10.1. The predicted octanol–water partition coefficient (Wildman–Crippen LogP) is 2.19. The van der Waals surface area contributed by atoms with Crippen molar-refractivity contribution in [2.75, 3.05) is 26.8 Å². The number of hydrogen-bond donors (Lipinski definition) is 3. The average molecular weight is 298 g/mol. The predicted molar refractivity (Wildman–Crippen MR) is 82.2 cm³/mol. The van der Waals surface area contributed by atoms with Gasteiger partial charge in [-0.05, 0) is 37.5 Å². The Morgan fingerprint density at radius 1 is 1.05 bits per heavy atom. The third-order valence-electron chi connectivity index (χ3n) is 5.03. The molecule has 2 aliphatic carbocycles. The quantitative estimate of drug-likeness (QED) is 0.631. The maximum absolute atomic E-state index is 11.9. The number of urea groups is 1. The monoisotopic (exact) mass is 298 g/mol. The molecule has 0 spiro atoms. The van der Waals surface area contributed by atoms with E-state index in [1.165, 1.54) is 25.7 Å². The number of amides is 2. The molecule has 0 unspecified atom stereocenters. The van der Waals surface area contributed by atoms with Crippen LogP contribution < -0.4 is 10.6 Å². The number of nitrogens with one attached hydrogen (secondary N) is 2. The summed E-state index contributed by atoms with van der Waals surface area (Å²) in [7, 11) is 1.71. The van der Waals surface area contributed by atoms with E-state index in [4.69, 9.17) is 4.74 Å². The maximum Gasteiger partial charge on any atom is 0.314 e. The van der Waals surface area contributed by atoms with Crippen LogP contribution in [0.4, 0.5) is 4.79 Å². The van der Waals surface area contributed by atoms with Crippen molar-refractivity contribution < 1.29 is 14.6 Å². The lowest BCUT2D eigenvalue weighted by molar-refractivity contribution is 0.0276. The number of methoxy groups -OCH3 is 1. The molecule has 2 aliphatic rings. The summed E-state index contributed by atoms with van der Waals surface area (Å²) in [6, 6.07) is -0.156. The van der Waals surface area contributed by atoms with Gasteiger partial charge in [0.1, 0.15) is 0 Å². The van der Waals surface area contributed by atoms with Crippen LogP contribution in [0.2, 0.25) is 0 Å². The molecule has 2 rings (SSSR count). The molecule has 0 saturated heterocycles. The molecule has 3 N–H and O–H groups in total. The summed E-state index contributed by atoms with van der Waals surface area (Å²) >= 11 is 0. The number of hydrogen-bond acceptors (Lipinski definition) is 3. The molecule has 2 saturated carbocycles. The van der Waals surface area contributed by atoms with E-state index in [0.717, 1.165) is 38.7 Å². The molecule has 0 aromatic carbocycles. The van der Waals surface area contributed by atoms with Crippen molar-refractivity contribution in [3.63, 3.8) is 0 Å². The molecule has 0 heterocycles. The van der Waals surface area contributed by atoms with Gasteiger partial charge in [-0.25, -0.2) is 4.79 Å². The van der Waals surface area contributed by atoms with E-state index in [0.29, 0.717) is 13.1 Å². The second-order valence-corrected chi connectivity index (χ2v) is 6.92. The molecule has 0 atom stereocenters. The highest BCUT2D eigenvalue weighted by atomic mass is 16.5. The standard InChI is InChI=1S/C16H30N2O3/c1-21-11-10-15(8-9-15)12-17-14(19)18-13-16(20)6-4-2-3-5-7-16/h20H,2-13H2,1H3,(H2,17,18,19). The summed E-state index contributed by atoms with van der Waals surface area (Å²) in [6.07, 6.45) is 9.43. The second kappa shape index (κ2) is 7.45. The van der Waals surface area contributed by atoms with Crippen molar-refractivity contribution in [2.24, 2.45) is 5.41 Å².